The second-order valence-electron chi connectivity index (χ2n) is 0. The molecule has 0 N–H and O–H groups in total. The van der Waals surface area contributed by atoms with Crippen LogP contribution in [0.25, 0.3) is 0 Å². The van der Waals surface area contributed by atoms with Gasteiger partial charge in [0.15, 0.2) is 0 Å². The molecule has 0 spiro atoms. The minimum absolute atomic E-state index is 0. The Morgan fingerprint density at radius 1 is 1.20 bits per heavy atom. The van der Waals surface area contributed by atoms with E-state index in [0.29, 0.717) is 0 Å². The van der Waals surface area contributed by atoms with Crippen LogP contribution in [0.15, 0.2) is 0 Å². The van der Waals surface area contributed by atoms with Gasteiger partial charge in [0.25, 0.3) is 0 Å². The molecular weight excluding hydrogens is 111 g/mol. The van der Waals surface area contributed by atoms with E-state index in [1.165, 1.54) is 0 Å². The average Bonchev–Trinajstić information content (AvgIpc) is 1.00. The summed E-state index contributed by atoms with van der Waals surface area (Å²) in [5.41, 5.74) is 0. The van der Waals surface area contributed by atoms with Crippen molar-refractivity contribution in [1.82, 2.24) is 0 Å². The van der Waals surface area contributed by atoms with Crippen LogP contribution in [0.5, 0.6) is 0 Å². The zero-order chi connectivity index (χ0) is 2.00. The van der Waals surface area contributed by atoms with Crippen molar-refractivity contribution < 1.29 is 9.94 Å². The molecule has 0 bridgehead atoms. The minimum Gasteiger partial charge on any atom is -2.00 e. The zero-order valence-corrected chi connectivity index (χ0v) is 6.17. The number of hydrogen-bond donors (Lipinski definition) is 0. The number of rotatable bonds is 0. The first kappa shape index (κ1) is 33.7. The van der Waals surface area contributed by atoms with Gasteiger partial charge in [0.1, 0.15) is 0 Å². The molecule has 0 aromatic rings. The van der Waals surface area contributed by atoms with Gasteiger partial charge in [-0.3, -0.25) is 0 Å². The minimum atomic E-state index is 0. The maximum Gasteiger partial charge on any atom is 3.00 e. The Kier molecular flexibility index (Phi) is 400. The Morgan fingerprint density at radius 2 is 1.20 bits per heavy atom. The van der Waals surface area contributed by atoms with E-state index in [0.717, 1.165) is 0 Å². The molecule has 0 saturated heterocycles. The molecule has 0 atom stereocenters. The Bertz CT molecular complexity index is 9.61. The Hall–Kier alpha value is 1.28. The molecule has 0 radical (unpaired) electrons. The fourth-order valence-corrected chi connectivity index (χ4v) is 0. The van der Waals surface area contributed by atoms with Gasteiger partial charge in [-0.25, -0.2) is 0 Å². The normalized spacial score (nSPS) is 1.20. The van der Waals surface area contributed by atoms with Crippen molar-refractivity contribution in [3.8, 4) is 0 Å². The molecule has 0 rings (SSSR count). The first-order valence-electron chi connectivity index (χ1n) is 0.204. The average molecular weight is 111 g/mol. The van der Waals surface area contributed by atoms with Gasteiger partial charge in [0.05, 0.1) is 0 Å². The van der Waals surface area contributed by atoms with Crippen molar-refractivity contribution in [2.24, 2.45) is 0 Å². The molecule has 16 valence electrons. The van der Waals surface area contributed by atoms with Crippen molar-refractivity contribution >= 4 is 50.5 Å². The molecule has 0 heterocycles. The van der Waals surface area contributed by atoms with Crippen molar-refractivity contribution in [2.45, 2.75) is 0 Å². The number of hydrogen-bond acceptors (Lipinski definition) is 1. The summed E-state index contributed by atoms with van der Waals surface area (Å²) < 4.78 is 8.06. The van der Waals surface area contributed by atoms with Crippen LogP contribution in [0.2, 0.25) is 0 Å². The maximum absolute atomic E-state index is 8.06. The smallest absolute Gasteiger partial charge is 2.00 e. The van der Waals surface area contributed by atoms with Crippen LogP contribution in [-0.2, 0) is 9.94 Å². The van der Waals surface area contributed by atoms with E-state index >= 15 is 0 Å². The molecule has 0 saturated carbocycles. The standard InChI is InChI=1S/Al.Mg.OSi.O/c;;1-2;/q+3;2*+2;-2. The van der Waals surface area contributed by atoms with Crippen molar-refractivity contribution in [3.05, 3.63) is 0 Å². The second kappa shape index (κ2) is 59.3. The van der Waals surface area contributed by atoms with E-state index < -0.39 is 0 Å². The van der Waals surface area contributed by atoms with E-state index in [4.69, 9.17) is 4.46 Å². The van der Waals surface area contributed by atoms with Gasteiger partial charge in [-0.1, -0.05) is 0 Å². The van der Waals surface area contributed by atoms with Crippen LogP contribution in [-0.4, -0.2) is 50.5 Å². The fraction of sp³-hybridized carbons (Fsp3) is 0. The van der Waals surface area contributed by atoms with Gasteiger partial charge in [0, 0.05) is 0 Å². The topological polar surface area (TPSA) is 45.6 Å². The van der Waals surface area contributed by atoms with Crippen molar-refractivity contribution in [3.63, 3.8) is 0 Å². The molecule has 0 aromatic heterocycles. The van der Waals surface area contributed by atoms with Gasteiger partial charge in [-0.2, -0.15) is 0 Å². The zero-order valence-electron chi connectivity index (χ0n) is 2.60. The summed E-state index contributed by atoms with van der Waals surface area (Å²) in [6.07, 6.45) is 0. The molecule has 0 unspecified atom stereocenters. The summed E-state index contributed by atoms with van der Waals surface area (Å²) in [6.45, 7) is 0. The third-order valence-corrected chi connectivity index (χ3v) is 0. The summed E-state index contributed by atoms with van der Waals surface area (Å²) in [5, 5.41) is 0. The molecule has 0 aromatic carbocycles. The van der Waals surface area contributed by atoms with Crippen LogP contribution in [0, 0.1) is 0 Å². The molecule has 0 aliphatic carbocycles. The first-order valence-corrected chi connectivity index (χ1v) is 0.612. The molecular formula is AlMgO2Si+5. The van der Waals surface area contributed by atoms with E-state index in [1.54, 1.807) is 10.1 Å². The van der Waals surface area contributed by atoms with E-state index in [-0.39, 0.29) is 45.9 Å². The molecule has 5 heteroatoms. The summed E-state index contributed by atoms with van der Waals surface area (Å²) in [4.78, 5) is 0. The van der Waals surface area contributed by atoms with Crippen LogP contribution in [0.1, 0.15) is 0 Å². The Morgan fingerprint density at radius 3 is 1.20 bits per heavy atom. The van der Waals surface area contributed by atoms with Gasteiger partial charge in [-0.05, 0) is 0 Å². The Balaban J connectivity index is -0.00000000167. The van der Waals surface area contributed by atoms with Gasteiger partial charge in [-0.15, -0.1) is 0 Å². The third-order valence-electron chi connectivity index (χ3n) is 0. The largest absolute Gasteiger partial charge is 3.00 e. The molecule has 0 aliphatic heterocycles. The maximum atomic E-state index is 8.06. The first-order chi connectivity index (χ1) is 1.00. The summed E-state index contributed by atoms with van der Waals surface area (Å²) in [5.74, 6) is 0. The quantitative estimate of drug-likeness (QED) is 0.355. The van der Waals surface area contributed by atoms with Crippen LogP contribution < -0.4 is 0 Å². The molecule has 0 fully saturated rings. The second-order valence-corrected chi connectivity index (χ2v) is 0. The summed E-state index contributed by atoms with van der Waals surface area (Å²) in [6, 6.07) is 0. The van der Waals surface area contributed by atoms with Crippen LogP contribution >= 0.6 is 0 Å². The molecule has 5 heavy (non-hydrogen) atoms. The predicted molar refractivity (Wildman–Crippen MR) is 18.6 cm³/mol. The van der Waals surface area contributed by atoms with Gasteiger partial charge >= 0.3 is 55.0 Å². The van der Waals surface area contributed by atoms with Gasteiger partial charge in [0.2, 0.25) is 0 Å². The van der Waals surface area contributed by atoms with Gasteiger partial charge < -0.3 is 5.48 Å². The fourth-order valence-electron chi connectivity index (χ4n) is 0. The summed E-state index contributed by atoms with van der Waals surface area (Å²) >= 11 is 0. The van der Waals surface area contributed by atoms with E-state index in [9.17, 15) is 0 Å². The van der Waals surface area contributed by atoms with Crippen molar-refractivity contribution in [1.29, 1.82) is 0 Å². The monoisotopic (exact) mass is 111 g/mol. The van der Waals surface area contributed by atoms with Crippen LogP contribution in [0.3, 0.4) is 0 Å². The molecule has 2 nitrogen and oxygen atoms in total. The molecule has 0 amide bonds. The van der Waals surface area contributed by atoms with E-state index in [2.05, 4.69) is 0 Å². The van der Waals surface area contributed by atoms with Crippen molar-refractivity contribution in [2.75, 3.05) is 0 Å². The van der Waals surface area contributed by atoms with Crippen LogP contribution in [0.4, 0.5) is 0 Å². The molecule has 0 aliphatic rings. The third kappa shape index (κ3) is 34.8. The summed E-state index contributed by atoms with van der Waals surface area (Å²) in [7, 11) is 1.72. The van der Waals surface area contributed by atoms with E-state index in [1.807, 2.05) is 0 Å². The SMILES string of the molecule is O=[Si+2].[Al+3].[Mg+2].[O-2]. The Labute approximate surface area is 60.4 Å². The predicted octanol–water partition coefficient (Wildman–Crippen LogP) is -1.38.